The van der Waals surface area contributed by atoms with Gasteiger partial charge in [-0.15, -0.1) is 0 Å². The van der Waals surface area contributed by atoms with E-state index in [1.54, 1.807) is 6.92 Å². The molecular formula is C11H19FO3. The van der Waals surface area contributed by atoms with Crippen LogP contribution in [0.5, 0.6) is 0 Å². The third-order valence-electron chi connectivity index (χ3n) is 2.97. The van der Waals surface area contributed by atoms with Gasteiger partial charge >= 0.3 is 5.97 Å². The van der Waals surface area contributed by atoms with E-state index in [2.05, 4.69) is 4.74 Å². The number of carbonyl (C=O) groups excluding carboxylic acids is 1. The molecule has 1 fully saturated rings. The predicted octanol–water partition coefficient (Wildman–Crippen LogP) is 1.83. The maximum atomic E-state index is 13.6. The molecule has 2 atom stereocenters. The van der Waals surface area contributed by atoms with Crippen molar-refractivity contribution in [2.75, 3.05) is 6.61 Å². The number of esters is 1. The number of rotatable bonds is 5. The zero-order chi connectivity index (χ0) is 11.5. The van der Waals surface area contributed by atoms with Crippen LogP contribution in [0.2, 0.25) is 0 Å². The first-order valence-electron chi connectivity index (χ1n) is 5.50. The standard InChI is InChI=1S/C11H19FO3/c1-3-15-10(13)9(12)11(2,14)7-8-5-4-6-8/h8-9,14H,3-7H2,1-2H3. The molecule has 0 spiro atoms. The molecule has 2 unspecified atom stereocenters. The molecule has 88 valence electrons. The molecule has 1 aliphatic carbocycles. The summed E-state index contributed by atoms with van der Waals surface area (Å²) in [5, 5.41) is 9.84. The average molecular weight is 218 g/mol. The lowest BCUT2D eigenvalue weighted by Gasteiger charge is -2.34. The van der Waals surface area contributed by atoms with Crippen LogP contribution in [0.15, 0.2) is 0 Å². The van der Waals surface area contributed by atoms with E-state index in [0.29, 0.717) is 12.3 Å². The molecule has 15 heavy (non-hydrogen) atoms. The molecule has 1 N–H and O–H groups in total. The van der Waals surface area contributed by atoms with Crippen molar-refractivity contribution in [3.63, 3.8) is 0 Å². The van der Waals surface area contributed by atoms with E-state index in [0.717, 1.165) is 19.3 Å². The highest BCUT2D eigenvalue weighted by molar-refractivity contribution is 5.76. The van der Waals surface area contributed by atoms with Gasteiger partial charge in [0.2, 0.25) is 6.17 Å². The van der Waals surface area contributed by atoms with Gasteiger partial charge in [-0.1, -0.05) is 19.3 Å². The van der Waals surface area contributed by atoms with E-state index in [-0.39, 0.29) is 6.61 Å². The Morgan fingerprint density at radius 2 is 2.27 bits per heavy atom. The molecule has 0 radical (unpaired) electrons. The SMILES string of the molecule is CCOC(=O)C(F)C(C)(O)CC1CCC1. The van der Waals surface area contributed by atoms with Crippen LogP contribution in [-0.2, 0) is 9.53 Å². The van der Waals surface area contributed by atoms with Gasteiger partial charge in [0.1, 0.15) is 5.60 Å². The maximum absolute atomic E-state index is 13.6. The van der Waals surface area contributed by atoms with Crippen molar-refractivity contribution in [1.82, 2.24) is 0 Å². The van der Waals surface area contributed by atoms with E-state index in [9.17, 15) is 14.3 Å². The van der Waals surface area contributed by atoms with Crippen molar-refractivity contribution in [2.45, 2.75) is 51.3 Å². The normalized spacial score (nSPS) is 22.7. The highest BCUT2D eigenvalue weighted by Crippen LogP contribution is 2.35. The van der Waals surface area contributed by atoms with E-state index in [4.69, 9.17) is 0 Å². The number of halogens is 1. The summed E-state index contributed by atoms with van der Waals surface area (Å²) in [6.07, 6.45) is 1.58. The monoisotopic (exact) mass is 218 g/mol. The summed E-state index contributed by atoms with van der Waals surface area (Å²) < 4.78 is 18.1. The van der Waals surface area contributed by atoms with Gasteiger partial charge in [-0.3, -0.25) is 0 Å². The van der Waals surface area contributed by atoms with Crippen LogP contribution in [-0.4, -0.2) is 29.5 Å². The summed E-state index contributed by atoms with van der Waals surface area (Å²) in [5.41, 5.74) is -1.59. The fourth-order valence-corrected chi connectivity index (χ4v) is 1.85. The van der Waals surface area contributed by atoms with Gasteiger partial charge in [-0.2, -0.15) is 0 Å². The third kappa shape index (κ3) is 3.16. The Labute approximate surface area is 89.6 Å². The van der Waals surface area contributed by atoms with Crippen LogP contribution >= 0.6 is 0 Å². The Balaban J connectivity index is 2.46. The molecule has 1 rings (SSSR count). The fourth-order valence-electron chi connectivity index (χ4n) is 1.85. The van der Waals surface area contributed by atoms with Gasteiger partial charge in [0.25, 0.3) is 0 Å². The van der Waals surface area contributed by atoms with Gasteiger partial charge in [0.15, 0.2) is 0 Å². The fraction of sp³-hybridized carbons (Fsp3) is 0.909. The highest BCUT2D eigenvalue weighted by atomic mass is 19.1. The van der Waals surface area contributed by atoms with Gasteiger partial charge < -0.3 is 9.84 Å². The molecule has 4 heteroatoms. The van der Waals surface area contributed by atoms with E-state index in [1.807, 2.05) is 0 Å². The van der Waals surface area contributed by atoms with Crippen LogP contribution in [0.3, 0.4) is 0 Å². The van der Waals surface area contributed by atoms with Gasteiger partial charge in [0.05, 0.1) is 6.61 Å². The maximum Gasteiger partial charge on any atom is 0.343 e. The Hall–Kier alpha value is -0.640. The zero-order valence-corrected chi connectivity index (χ0v) is 9.33. The first kappa shape index (κ1) is 12.4. The Bertz CT molecular complexity index is 224. The molecule has 0 amide bonds. The first-order chi connectivity index (χ1) is 6.97. The summed E-state index contributed by atoms with van der Waals surface area (Å²) in [4.78, 5) is 11.1. The lowest BCUT2D eigenvalue weighted by molar-refractivity contribution is -0.161. The number of alkyl halides is 1. The van der Waals surface area contributed by atoms with E-state index in [1.165, 1.54) is 6.92 Å². The van der Waals surface area contributed by atoms with Crippen LogP contribution in [0.1, 0.15) is 39.5 Å². The minimum Gasteiger partial charge on any atom is -0.464 e. The van der Waals surface area contributed by atoms with Crippen molar-refractivity contribution < 1.29 is 19.0 Å². The number of hydrogen-bond acceptors (Lipinski definition) is 3. The summed E-state index contributed by atoms with van der Waals surface area (Å²) in [5.74, 6) is -0.602. The van der Waals surface area contributed by atoms with Crippen molar-refractivity contribution in [3.05, 3.63) is 0 Å². The zero-order valence-electron chi connectivity index (χ0n) is 9.33. The molecule has 1 saturated carbocycles. The van der Waals surface area contributed by atoms with Crippen LogP contribution in [0, 0.1) is 5.92 Å². The molecule has 0 aromatic heterocycles. The summed E-state index contributed by atoms with van der Waals surface area (Å²) in [7, 11) is 0. The third-order valence-corrected chi connectivity index (χ3v) is 2.97. The molecule has 0 aromatic rings. The highest BCUT2D eigenvalue weighted by Gasteiger charge is 2.41. The Morgan fingerprint density at radius 1 is 1.67 bits per heavy atom. The molecular weight excluding hydrogens is 199 g/mol. The summed E-state index contributed by atoms with van der Waals surface area (Å²) in [6, 6.07) is 0. The Kier molecular flexibility index (Phi) is 4.08. The van der Waals surface area contributed by atoms with Gasteiger partial charge in [0, 0.05) is 0 Å². The lowest BCUT2D eigenvalue weighted by atomic mass is 9.76. The minimum absolute atomic E-state index is 0.138. The summed E-state index contributed by atoms with van der Waals surface area (Å²) in [6.45, 7) is 3.12. The summed E-state index contributed by atoms with van der Waals surface area (Å²) >= 11 is 0. The number of carbonyl (C=O) groups is 1. The van der Waals surface area contributed by atoms with E-state index < -0.39 is 17.7 Å². The van der Waals surface area contributed by atoms with Crippen molar-refractivity contribution in [3.8, 4) is 0 Å². The van der Waals surface area contributed by atoms with Crippen molar-refractivity contribution in [1.29, 1.82) is 0 Å². The largest absolute Gasteiger partial charge is 0.464 e. The van der Waals surface area contributed by atoms with Crippen molar-refractivity contribution >= 4 is 5.97 Å². The molecule has 3 nitrogen and oxygen atoms in total. The topological polar surface area (TPSA) is 46.5 Å². The van der Waals surface area contributed by atoms with E-state index >= 15 is 0 Å². The number of hydrogen-bond donors (Lipinski definition) is 1. The van der Waals surface area contributed by atoms with Crippen LogP contribution in [0.25, 0.3) is 0 Å². The quantitative estimate of drug-likeness (QED) is 0.716. The molecule has 0 bridgehead atoms. The first-order valence-corrected chi connectivity index (χ1v) is 5.50. The predicted molar refractivity (Wildman–Crippen MR) is 54.1 cm³/mol. The molecule has 0 heterocycles. The average Bonchev–Trinajstić information content (AvgIpc) is 2.11. The second-order valence-corrected chi connectivity index (χ2v) is 4.47. The molecule has 1 aliphatic rings. The minimum atomic E-state index is -1.93. The molecule has 0 aliphatic heterocycles. The number of aliphatic hydroxyl groups is 1. The van der Waals surface area contributed by atoms with Gasteiger partial charge in [-0.25, -0.2) is 9.18 Å². The second-order valence-electron chi connectivity index (χ2n) is 4.47. The number of ether oxygens (including phenoxy) is 1. The van der Waals surface area contributed by atoms with Crippen LogP contribution in [0.4, 0.5) is 4.39 Å². The van der Waals surface area contributed by atoms with Gasteiger partial charge in [-0.05, 0) is 26.2 Å². The lowest BCUT2D eigenvalue weighted by Crippen LogP contribution is -2.44. The molecule has 0 aromatic carbocycles. The Morgan fingerprint density at radius 3 is 2.67 bits per heavy atom. The van der Waals surface area contributed by atoms with Crippen molar-refractivity contribution in [2.24, 2.45) is 5.92 Å². The second kappa shape index (κ2) is 4.92. The van der Waals surface area contributed by atoms with Crippen LogP contribution < -0.4 is 0 Å². The molecule has 0 saturated heterocycles. The smallest absolute Gasteiger partial charge is 0.343 e.